The highest BCUT2D eigenvalue weighted by molar-refractivity contribution is 9.10. The summed E-state index contributed by atoms with van der Waals surface area (Å²) in [5.41, 5.74) is 1.38. The van der Waals surface area contributed by atoms with Crippen LogP contribution in [0.3, 0.4) is 0 Å². The SMILES string of the molecule is CCCC(CC)(CCC)CNC(=O)c1cn(C(=O)N(C)C)c2cccc(Br)c12. The highest BCUT2D eigenvalue weighted by Crippen LogP contribution is 2.34. The summed E-state index contributed by atoms with van der Waals surface area (Å²) in [7, 11) is 3.41. The molecule has 0 aliphatic heterocycles. The molecule has 1 N–H and O–H groups in total. The third-order valence-electron chi connectivity index (χ3n) is 5.55. The zero-order valence-electron chi connectivity index (χ0n) is 17.6. The molecule has 0 aliphatic carbocycles. The molecule has 0 saturated heterocycles. The number of fused-ring (bicyclic) bond motifs is 1. The minimum absolute atomic E-state index is 0.132. The summed E-state index contributed by atoms with van der Waals surface area (Å²) in [5, 5.41) is 3.93. The predicted octanol–water partition coefficient (Wildman–Crippen LogP) is 5.66. The molecule has 0 unspecified atom stereocenters. The number of aromatic nitrogens is 1. The first-order valence-corrected chi connectivity index (χ1v) is 10.9. The second-order valence-corrected chi connectivity index (χ2v) is 8.61. The Kier molecular flexibility index (Phi) is 7.70. The second-order valence-electron chi connectivity index (χ2n) is 7.76. The Bertz CT molecular complexity index is 836. The minimum Gasteiger partial charge on any atom is -0.351 e. The Balaban J connectivity index is 2.39. The Morgan fingerprint density at radius 2 is 1.79 bits per heavy atom. The lowest BCUT2D eigenvalue weighted by Gasteiger charge is -2.32. The van der Waals surface area contributed by atoms with Crippen LogP contribution < -0.4 is 5.32 Å². The van der Waals surface area contributed by atoms with Crippen LogP contribution in [0.4, 0.5) is 4.79 Å². The number of hydrogen-bond donors (Lipinski definition) is 1. The number of hydrogen-bond acceptors (Lipinski definition) is 2. The maximum Gasteiger partial charge on any atom is 0.328 e. The van der Waals surface area contributed by atoms with Gasteiger partial charge < -0.3 is 10.2 Å². The van der Waals surface area contributed by atoms with E-state index in [1.165, 1.54) is 4.90 Å². The van der Waals surface area contributed by atoms with Gasteiger partial charge in [0.15, 0.2) is 0 Å². The van der Waals surface area contributed by atoms with E-state index in [0.29, 0.717) is 12.1 Å². The van der Waals surface area contributed by atoms with Crippen LogP contribution in [0, 0.1) is 5.41 Å². The molecule has 1 aromatic heterocycles. The van der Waals surface area contributed by atoms with Gasteiger partial charge in [-0.3, -0.25) is 9.36 Å². The summed E-state index contributed by atoms with van der Waals surface area (Å²) in [6.07, 6.45) is 7.10. The van der Waals surface area contributed by atoms with Gasteiger partial charge in [-0.05, 0) is 36.8 Å². The van der Waals surface area contributed by atoms with Gasteiger partial charge in [-0.2, -0.15) is 0 Å². The second kappa shape index (κ2) is 9.59. The number of nitrogens with zero attached hydrogens (tertiary/aromatic N) is 2. The standard InChI is InChI=1S/C22H32BrN3O2/c1-6-12-22(8-3,13-7-2)15-24-20(27)16-14-26(21(28)25(4)5)18-11-9-10-17(23)19(16)18/h9-11,14H,6-8,12-13,15H2,1-5H3,(H,24,27). The number of halogens is 1. The van der Waals surface area contributed by atoms with E-state index in [9.17, 15) is 9.59 Å². The van der Waals surface area contributed by atoms with E-state index in [-0.39, 0.29) is 17.4 Å². The molecule has 0 atom stereocenters. The average molecular weight is 450 g/mol. The molecule has 5 nitrogen and oxygen atoms in total. The normalized spacial score (nSPS) is 11.6. The molecular weight excluding hydrogens is 418 g/mol. The summed E-state index contributed by atoms with van der Waals surface area (Å²) in [5.74, 6) is -0.132. The van der Waals surface area contributed by atoms with Crippen molar-refractivity contribution in [1.29, 1.82) is 0 Å². The Morgan fingerprint density at radius 1 is 1.14 bits per heavy atom. The highest BCUT2D eigenvalue weighted by Gasteiger charge is 2.28. The van der Waals surface area contributed by atoms with E-state index in [1.807, 2.05) is 18.2 Å². The van der Waals surface area contributed by atoms with Crippen LogP contribution in [0.2, 0.25) is 0 Å². The smallest absolute Gasteiger partial charge is 0.328 e. The number of amides is 2. The monoisotopic (exact) mass is 449 g/mol. The summed E-state index contributed by atoms with van der Waals surface area (Å²) in [4.78, 5) is 27.2. The molecule has 0 spiro atoms. The Hall–Kier alpha value is -1.82. The molecule has 0 aliphatic rings. The van der Waals surface area contributed by atoms with E-state index < -0.39 is 0 Å². The van der Waals surface area contributed by atoms with Gasteiger partial charge in [0, 0.05) is 36.7 Å². The van der Waals surface area contributed by atoms with Crippen molar-refractivity contribution in [2.45, 2.75) is 52.9 Å². The molecule has 0 radical (unpaired) electrons. The predicted molar refractivity (Wildman–Crippen MR) is 119 cm³/mol. The fraction of sp³-hybridized carbons (Fsp3) is 0.545. The van der Waals surface area contributed by atoms with Gasteiger partial charge >= 0.3 is 6.03 Å². The molecule has 2 rings (SSSR count). The molecule has 2 amide bonds. The van der Waals surface area contributed by atoms with Gasteiger partial charge in [0.2, 0.25) is 0 Å². The van der Waals surface area contributed by atoms with Crippen molar-refractivity contribution in [3.05, 3.63) is 34.4 Å². The van der Waals surface area contributed by atoms with Crippen LogP contribution in [-0.4, -0.2) is 42.0 Å². The van der Waals surface area contributed by atoms with Crippen molar-refractivity contribution in [2.24, 2.45) is 5.41 Å². The molecule has 6 heteroatoms. The molecule has 1 heterocycles. The largest absolute Gasteiger partial charge is 0.351 e. The highest BCUT2D eigenvalue weighted by atomic mass is 79.9. The third kappa shape index (κ3) is 4.59. The lowest BCUT2D eigenvalue weighted by molar-refractivity contribution is 0.0919. The minimum atomic E-state index is -0.179. The van der Waals surface area contributed by atoms with Crippen molar-refractivity contribution in [2.75, 3.05) is 20.6 Å². The zero-order valence-corrected chi connectivity index (χ0v) is 19.2. The number of carbonyl (C=O) groups is 2. The van der Waals surface area contributed by atoms with Crippen LogP contribution >= 0.6 is 15.9 Å². The Labute approximate surface area is 176 Å². The van der Waals surface area contributed by atoms with Gasteiger partial charge in [0.25, 0.3) is 5.91 Å². The first kappa shape index (κ1) is 22.5. The van der Waals surface area contributed by atoms with Crippen LogP contribution in [-0.2, 0) is 0 Å². The van der Waals surface area contributed by atoms with E-state index in [0.717, 1.165) is 47.5 Å². The van der Waals surface area contributed by atoms with Crippen molar-refractivity contribution in [3.63, 3.8) is 0 Å². The summed E-state index contributed by atoms with van der Waals surface area (Å²) in [6, 6.07) is 5.46. The lowest BCUT2D eigenvalue weighted by atomic mass is 9.77. The number of benzene rings is 1. The molecule has 28 heavy (non-hydrogen) atoms. The fourth-order valence-electron chi connectivity index (χ4n) is 3.99. The van der Waals surface area contributed by atoms with E-state index in [2.05, 4.69) is 42.0 Å². The van der Waals surface area contributed by atoms with E-state index >= 15 is 0 Å². The van der Waals surface area contributed by atoms with Gasteiger partial charge in [-0.25, -0.2) is 4.79 Å². The Morgan fingerprint density at radius 3 is 2.32 bits per heavy atom. The van der Waals surface area contributed by atoms with Crippen LogP contribution in [0.15, 0.2) is 28.9 Å². The zero-order chi connectivity index (χ0) is 20.9. The van der Waals surface area contributed by atoms with Crippen molar-refractivity contribution >= 4 is 38.8 Å². The number of carbonyl (C=O) groups excluding carboxylic acids is 2. The maximum absolute atomic E-state index is 13.1. The van der Waals surface area contributed by atoms with Gasteiger partial charge in [-0.15, -0.1) is 0 Å². The van der Waals surface area contributed by atoms with Crippen LogP contribution in [0.5, 0.6) is 0 Å². The maximum atomic E-state index is 13.1. The summed E-state index contributed by atoms with van der Waals surface area (Å²) < 4.78 is 2.35. The third-order valence-corrected chi connectivity index (χ3v) is 6.21. The van der Waals surface area contributed by atoms with Crippen molar-refractivity contribution in [1.82, 2.24) is 14.8 Å². The van der Waals surface area contributed by atoms with Crippen molar-refractivity contribution in [3.8, 4) is 0 Å². The van der Waals surface area contributed by atoms with Gasteiger partial charge in [-0.1, -0.05) is 55.6 Å². The molecular formula is C22H32BrN3O2. The van der Waals surface area contributed by atoms with Crippen LogP contribution in [0.1, 0.15) is 63.2 Å². The van der Waals surface area contributed by atoms with E-state index in [4.69, 9.17) is 0 Å². The molecule has 154 valence electrons. The van der Waals surface area contributed by atoms with Crippen LogP contribution in [0.25, 0.3) is 10.9 Å². The fourth-order valence-corrected chi connectivity index (χ4v) is 4.56. The topological polar surface area (TPSA) is 54.3 Å². The molecule has 2 aromatic rings. The molecule has 1 aromatic carbocycles. The quantitative estimate of drug-likeness (QED) is 0.564. The summed E-state index contributed by atoms with van der Waals surface area (Å²) >= 11 is 3.55. The number of nitrogens with one attached hydrogen (secondary N) is 1. The average Bonchev–Trinajstić information content (AvgIpc) is 3.06. The van der Waals surface area contributed by atoms with Crippen molar-refractivity contribution < 1.29 is 9.59 Å². The lowest BCUT2D eigenvalue weighted by Crippen LogP contribution is -2.37. The molecule has 0 bridgehead atoms. The van der Waals surface area contributed by atoms with Gasteiger partial charge in [0.1, 0.15) is 0 Å². The summed E-state index contributed by atoms with van der Waals surface area (Å²) in [6.45, 7) is 7.25. The first-order valence-electron chi connectivity index (χ1n) is 10.1. The molecule has 0 fully saturated rings. The van der Waals surface area contributed by atoms with Gasteiger partial charge in [0.05, 0.1) is 11.1 Å². The van der Waals surface area contributed by atoms with E-state index in [1.54, 1.807) is 24.9 Å². The number of rotatable bonds is 8. The first-order chi connectivity index (χ1) is 13.3. The molecule has 0 saturated carbocycles.